The van der Waals surface area contributed by atoms with Crippen molar-refractivity contribution in [2.75, 3.05) is 17.8 Å². The van der Waals surface area contributed by atoms with Crippen LogP contribution in [-0.2, 0) is 26.5 Å². The highest BCUT2D eigenvalue weighted by Gasteiger charge is 2.27. The van der Waals surface area contributed by atoms with E-state index in [1.54, 1.807) is 12.1 Å². The van der Waals surface area contributed by atoms with E-state index in [0.29, 0.717) is 25.2 Å². The molecule has 0 saturated carbocycles. The number of aryl methyl sites for hydroxylation is 1. The van der Waals surface area contributed by atoms with Crippen LogP contribution < -0.4 is 4.72 Å². The zero-order chi connectivity index (χ0) is 18.8. The van der Waals surface area contributed by atoms with Gasteiger partial charge in [0.1, 0.15) is 0 Å². The van der Waals surface area contributed by atoms with E-state index in [1.165, 1.54) is 28.6 Å². The third-order valence-corrected chi connectivity index (χ3v) is 7.77. The summed E-state index contributed by atoms with van der Waals surface area (Å²) in [7, 11) is -7.34. The highest BCUT2D eigenvalue weighted by atomic mass is 32.2. The van der Waals surface area contributed by atoms with Gasteiger partial charge in [-0.25, -0.2) is 16.8 Å². The first-order valence-corrected chi connectivity index (χ1v) is 11.5. The van der Waals surface area contributed by atoms with Crippen molar-refractivity contribution < 1.29 is 16.8 Å². The molecule has 1 aliphatic heterocycles. The van der Waals surface area contributed by atoms with Crippen LogP contribution in [0.5, 0.6) is 0 Å². The van der Waals surface area contributed by atoms with Crippen LogP contribution in [0.15, 0.2) is 58.3 Å². The highest BCUT2D eigenvalue weighted by molar-refractivity contribution is 7.92. The van der Waals surface area contributed by atoms with Crippen LogP contribution in [0.3, 0.4) is 0 Å². The number of hydrogen-bond donors (Lipinski definition) is 1. The lowest BCUT2D eigenvalue weighted by Crippen LogP contribution is -2.27. The smallest absolute Gasteiger partial charge is 0.261 e. The van der Waals surface area contributed by atoms with E-state index in [0.717, 1.165) is 18.4 Å². The Kier molecular flexibility index (Phi) is 5.36. The van der Waals surface area contributed by atoms with Gasteiger partial charge in [-0.3, -0.25) is 4.72 Å². The van der Waals surface area contributed by atoms with Gasteiger partial charge in [-0.15, -0.1) is 0 Å². The summed E-state index contributed by atoms with van der Waals surface area (Å²) in [5.74, 6) is 0. The Labute approximate surface area is 155 Å². The summed E-state index contributed by atoms with van der Waals surface area (Å²) in [5, 5.41) is 0. The molecule has 0 atom stereocenters. The molecule has 0 bridgehead atoms. The molecule has 0 spiro atoms. The van der Waals surface area contributed by atoms with E-state index < -0.39 is 20.0 Å². The minimum Gasteiger partial charge on any atom is -0.279 e. The van der Waals surface area contributed by atoms with Crippen molar-refractivity contribution in [1.29, 1.82) is 0 Å². The Hall–Kier alpha value is -1.90. The minimum absolute atomic E-state index is 0.0313. The van der Waals surface area contributed by atoms with Crippen molar-refractivity contribution in [1.82, 2.24) is 4.31 Å². The monoisotopic (exact) mass is 394 g/mol. The molecular weight excluding hydrogens is 372 g/mol. The van der Waals surface area contributed by atoms with Crippen molar-refractivity contribution in [3.05, 3.63) is 54.1 Å². The van der Waals surface area contributed by atoms with Crippen molar-refractivity contribution in [3.63, 3.8) is 0 Å². The number of nitrogens with zero attached hydrogens (tertiary/aromatic N) is 1. The normalized spacial score (nSPS) is 15.9. The Morgan fingerprint density at radius 1 is 0.885 bits per heavy atom. The molecule has 2 aromatic carbocycles. The van der Waals surface area contributed by atoms with Gasteiger partial charge >= 0.3 is 0 Å². The first-order valence-electron chi connectivity index (χ1n) is 8.55. The second kappa shape index (κ2) is 7.38. The van der Waals surface area contributed by atoms with E-state index in [9.17, 15) is 16.8 Å². The molecule has 1 saturated heterocycles. The van der Waals surface area contributed by atoms with Crippen molar-refractivity contribution in [2.45, 2.75) is 36.0 Å². The molecule has 0 unspecified atom stereocenters. The zero-order valence-corrected chi connectivity index (χ0v) is 16.2. The number of para-hydroxylation sites is 1. The molecule has 0 radical (unpaired) electrons. The second-order valence-corrected chi connectivity index (χ2v) is 9.82. The molecule has 1 aliphatic rings. The van der Waals surface area contributed by atoms with Crippen LogP contribution >= 0.6 is 0 Å². The van der Waals surface area contributed by atoms with Gasteiger partial charge in [0.2, 0.25) is 10.0 Å². The molecule has 140 valence electrons. The van der Waals surface area contributed by atoms with Crippen LogP contribution in [0.25, 0.3) is 0 Å². The summed E-state index contributed by atoms with van der Waals surface area (Å²) in [6.45, 7) is 2.97. The van der Waals surface area contributed by atoms with Gasteiger partial charge in [0, 0.05) is 13.1 Å². The first kappa shape index (κ1) is 18.9. The molecule has 1 fully saturated rings. The zero-order valence-electron chi connectivity index (χ0n) is 14.6. The summed E-state index contributed by atoms with van der Waals surface area (Å²) < 4.78 is 54.3. The van der Waals surface area contributed by atoms with Gasteiger partial charge in [0.15, 0.2) is 0 Å². The third kappa shape index (κ3) is 3.77. The summed E-state index contributed by atoms with van der Waals surface area (Å²) in [4.78, 5) is 0.149. The average molecular weight is 395 g/mol. The van der Waals surface area contributed by atoms with Gasteiger partial charge in [-0.1, -0.05) is 25.1 Å². The number of anilines is 1. The SMILES string of the molecule is CCc1ccccc1NS(=O)(=O)c1ccc(S(=O)(=O)N2CCCC2)cc1. The molecule has 0 aromatic heterocycles. The third-order valence-electron chi connectivity index (χ3n) is 4.48. The predicted molar refractivity (Wildman–Crippen MR) is 101 cm³/mol. The molecule has 8 heteroatoms. The van der Waals surface area contributed by atoms with E-state index in [4.69, 9.17) is 0 Å². The van der Waals surface area contributed by atoms with Crippen LogP contribution in [-0.4, -0.2) is 34.2 Å². The second-order valence-electron chi connectivity index (χ2n) is 6.20. The van der Waals surface area contributed by atoms with Gasteiger partial charge in [-0.05, 0) is 55.2 Å². The molecule has 6 nitrogen and oxygen atoms in total. The Balaban J connectivity index is 1.85. The fraction of sp³-hybridized carbons (Fsp3) is 0.333. The standard InChI is InChI=1S/C18H22N2O4S2/c1-2-15-7-3-4-8-18(15)19-25(21,22)16-9-11-17(12-10-16)26(23,24)20-13-5-6-14-20/h3-4,7-12,19H,2,5-6,13-14H2,1H3. The maximum atomic E-state index is 12.6. The van der Waals surface area contributed by atoms with Gasteiger partial charge in [0.05, 0.1) is 15.5 Å². The number of rotatable bonds is 6. The molecule has 2 aromatic rings. The van der Waals surface area contributed by atoms with Crippen molar-refractivity contribution in [3.8, 4) is 0 Å². The number of nitrogens with one attached hydrogen (secondary N) is 1. The van der Waals surface area contributed by atoms with Gasteiger partial charge in [0.25, 0.3) is 10.0 Å². The summed E-state index contributed by atoms with van der Waals surface area (Å²) in [6, 6.07) is 12.6. The van der Waals surface area contributed by atoms with Gasteiger partial charge < -0.3 is 0 Å². The summed E-state index contributed by atoms with van der Waals surface area (Å²) >= 11 is 0. The van der Waals surface area contributed by atoms with E-state index in [2.05, 4.69) is 4.72 Å². The molecule has 0 amide bonds. The topological polar surface area (TPSA) is 83.5 Å². The highest BCUT2D eigenvalue weighted by Crippen LogP contribution is 2.24. The number of benzene rings is 2. The Bertz CT molecular complexity index is 978. The Morgan fingerprint density at radius 2 is 1.46 bits per heavy atom. The minimum atomic E-state index is -3.79. The molecule has 0 aliphatic carbocycles. The largest absolute Gasteiger partial charge is 0.279 e. The van der Waals surface area contributed by atoms with Crippen LogP contribution in [0.4, 0.5) is 5.69 Å². The van der Waals surface area contributed by atoms with E-state index in [1.807, 2.05) is 19.1 Å². The molecular formula is C18H22N2O4S2. The molecule has 26 heavy (non-hydrogen) atoms. The summed E-state index contributed by atoms with van der Waals surface area (Å²) in [6.07, 6.45) is 2.41. The lowest BCUT2D eigenvalue weighted by molar-refractivity contribution is 0.477. The van der Waals surface area contributed by atoms with Crippen LogP contribution in [0.1, 0.15) is 25.3 Å². The first-order chi connectivity index (χ1) is 12.3. The molecule has 3 rings (SSSR count). The van der Waals surface area contributed by atoms with Crippen LogP contribution in [0.2, 0.25) is 0 Å². The lowest BCUT2D eigenvalue weighted by Gasteiger charge is -2.16. The van der Waals surface area contributed by atoms with Crippen LogP contribution in [0, 0.1) is 0 Å². The fourth-order valence-corrected chi connectivity index (χ4v) is 5.62. The van der Waals surface area contributed by atoms with Crippen molar-refractivity contribution in [2.24, 2.45) is 0 Å². The van der Waals surface area contributed by atoms with Gasteiger partial charge in [-0.2, -0.15) is 4.31 Å². The van der Waals surface area contributed by atoms with E-state index >= 15 is 0 Å². The molecule has 1 heterocycles. The summed E-state index contributed by atoms with van der Waals surface area (Å²) in [5.41, 5.74) is 1.42. The quantitative estimate of drug-likeness (QED) is 0.817. The predicted octanol–water partition coefficient (Wildman–Crippen LogP) is 2.83. The van der Waals surface area contributed by atoms with E-state index in [-0.39, 0.29) is 9.79 Å². The number of sulfonamides is 2. The lowest BCUT2D eigenvalue weighted by atomic mass is 10.1. The van der Waals surface area contributed by atoms with Crippen molar-refractivity contribution >= 4 is 25.7 Å². The number of hydrogen-bond acceptors (Lipinski definition) is 4. The Morgan fingerprint density at radius 3 is 2.08 bits per heavy atom. The fourth-order valence-electron chi connectivity index (χ4n) is 3.00. The molecule has 1 N–H and O–H groups in total. The maximum Gasteiger partial charge on any atom is 0.261 e. The average Bonchev–Trinajstić information content (AvgIpc) is 3.17. The maximum absolute atomic E-state index is 12.6.